The van der Waals surface area contributed by atoms with Gasteiger partial charge in [0, 0.05) is 46.0 Å². The van der Waals surface area contributed by atoms with E-state index in [2.05, 4.69) is 82.0 Å². The van der Waals surface area contributed by atoms with Gasteiger partial charge in [0.05, 0.1) is 5.60 Å². The molecular weight excluding hydrogens is 454 g/mol. The van der Waals surface area contributed by atoms with E-state index in [0.29, 0.717) is 3.42 Å². The molecule has 110 valence electrons. The van der Waals surface area contributed by atoms with Gasteiger partial charge in [-0.25, -0.2) is 0 Å². The summed E-state index contributed by atoms with van der Waals surface area (Å²) in [6, 6.07) is 0. The predicted octanol–water partition coefficient (Wildman–Crippen LogP) is 3.69. The van der Waals surface area contributed by atoms with Crippen molar-refractivity contribution in [2.24, 2.45) is 0 Å². The van der Waals surface area contributed by atoms with Crippen molar-refractivity contribution in [2.75, 3.05) is 26.2 Å². The van der Waals surface area contributed by atoms with Gasteiger partial charge in [-0.2, -0.15) is 0 Å². The zero-order chi connectivity index (χ0) is 14.1. The summed E-state index contributed by atoms with van der Waals surface area (Å²) in [6.07, 6.45) is 3.25. The van der Waals surface area contributed by atoms with Crippen LogP contribution in [-0.2, 0) is 4.74 Å². The fourth-order valence-electron chi connectivity index (χ4n) is 1.50. The van der Waals surface area contributed by atoms with E-state index in [-0.39, 0.29) is 5.60 Å². The lowest BCUT2D eigenvalue weighted by molar-refractivity contribution is -0.0421. The molecule has 0 aromatic carbocycles. The van der Waals surface area contributed by atoms with Crippen LogP contribution < -0.4 is 8.85 Å². The third-order valence-corrected chi connectivity index (χ3v) is 4.20. The van der Waals surface area contributed by atoms with Crippen LogP contribution in [0.2, 0.25) is 0 Å². The topological polar surface area (TPSA) is 33.3 Å². The van der Waals surface area contributed by atoms with Crippen molar-refractivity contribution in [2.45, 2.75) is 56.0 Å². The lowest BCUT2D eigenvalue weighted by atomic mass is 9.98. The largest absolute Gasteiger partial charge is 0.375 e. The van der Waals surface area contributed by atoms with E-state index >= 15 is 0 Å². The van der Waals surface area contributed by atoms with Gasteiger partial charge in [-0.05, 0) is 32.7 Å². The number of halogens is 2. The SMILES string of the molecule is CCC(C)(CCNCCNI)OCCC(C)(C)I. The Hall–Kier alpha value is 1.34. The third kappa shape index (κ3) is 11.2. The summed E-state index contributed by atoms with van der Waals surface area (Å²) >= 11 is 4.66. The zero-order valence-electron chi connectivity index (χ0n) is 12.1. The molecule has 0 aromatic rings. The van der Waals surface area contributed by atoms with Gasteiger partial charge in [-0.1, -0.05) is 43.4 Å². The Kier molecular flexibility index (Phi) is 10.9. The lowest BCUT2D eigenvalue weighted by Crippen LogP contribution is -2.35. The minimum atomic E-state index is 0.0205. The minimum Gasteiger partial charge on any atom is -0.375 e. The van der Waals surface area contributed by atoms with Crippen LogP contribution in [0.15, 0.2) is 0 Å². The summed E-state index contributed by atoms with van der Waals surface area (Å²) < 4.78 is 9.54. The third-order valence-electron chi connectivity index (χ3n) is 3.12. The Morgan fingerprint density at radius 3 is 2.22 bits per heavy atom. The molecule has 0 heterocycles. The smallest absolute Gasteiger partial charge is 0.0664 e. The molecule has 3 nitrogen and oxygen atoms in total. The number of hydrogen-bond acceptors (Lipinski definition) is 3. The second-order valence-electron chi connectivity index (χ2n) is 5.50. The highest BCUT2D eigenvalue weighted by molar-refractivity contribution is 14.1. The highest BCUT2D eigenvalue weighted by Gasteiger charge is 2.23. The predicted molar refractivity (Wildman–Crippen MR) is 96.9 cm³/mol. The molecule has 2 N–H and O–H groups in total. The monoisotopic (exact) mass is 482 g/mol. The van der Waals surface area contributed by atoms with Crippen molar-refractivity contribution in [1.29, 1.82) is 0 Å². The first kappa shape index (κ1) is 19.3. The second kappa shape index (κ2) is 10.1. The molecule has 18 heavy (non-hydrogen) atoms. The van der Waals surface area contributed by atoms with Gasteiger partial charge >= 0.3 is 0 Å². The second-order valence-corrected chi connectivity index (χ2v) is 9.19. The molecule has 0 spiro atoms. The Bertz CT molecular complexity index is 210. The number of nitrogens with one attached hydrogen (secondary N) is 2. The highest BCUT2D eigenvalue weighted by Crippen LogP contribution is 2.24. The molecule has 0 aliphatic rings. The lowest BCUT2D eigenvalue weighted by Gasteiger charge is -2.30. The van der Waals surface area contributed by atoms with Crippen LogP contribution in [0.4, 0.5) is 0 Å². The maximum Gasteiger partial charge on any atom is 0.0664 e. The number of alkyl halides is 1. The van der Waals surface area contributed by atoms with Crippen LogP contribution in [0.25, 0.3) is 0 Å². The van der Waals surface area contributed by atoms with Gasteiger partial charge < -0.3 is 10.1 Å². The van der Waals surface area contributed by atoms with E-state index in [4.69, 9.17) is 4.74 Å². The molecule has 0 fully saturated rings. The molecule has 0 saturated heterocycles. The quantitative estimate of drug-likeness (QED) is 0.204. The molecule has 0 radical (unpaired) electrons. The minimum absolute atomic E-state index is 0.0205. The first-order valence-electron chi connectivity index (χ1n) is 6.70. The molecule has 0 aliphatic heterocycles. The average Bonchev–Trinajstić information content (AvgIpc) is 2.27. The van der Waals surface area contributed by atoms with E-state index < -0.39 is 0 Å². The molecule has 0 rings (SSSR count). The van der Waals surface area contributed by atoms with E-state index in [1.165, 1.54) is 0 Å². The molecular formula is C13H28I2N2O. The van der Waals surface area contributed by atoms with Crippen LogP contribution in [0, 0.1) is 0 Å². The normalized spacial score (nSPS) is 15.7. The van der Waals surface area contributed by atoms with E-state index in [1.54, 1.807) is 0 Å². The van der Waals surface area contributed by atoms with Crippen LogP contribution in [0.5, 0.6) is 0 Å². The summed E-state index contributed by atoms with van der Waals surface area (Å²) in [4.78, 5) is 0. The fourth-order valence-corrected chi connectivity index (χ4v) is 1.99. The number of rotatable bonds is 11. The van der Waals surface area contributed by atoms with Crippen LogP contribution in [0.1, 0.15) is 47.0 Å². The van der Waals surface area contributed by atoms with E-state index in [9.17, 15) is 0 Å². The van der Waals surface area contributed by atoms with Crippen molar-refractivity contribution in [1.82, 2.24) is 8.85 Å². The van der Waals surface area contributed by atoms with Gasteiger partial charge in [0.2, 0.25) is 0 Å². The summed E-state index contributed by atoms with van der Waals surface area (Å²) in [5.41, 5.74) is 0.0205. The Morgan fingerprint density at radius 1 is 1.06 bits per heavy atom. The van der Waals surface area contributed by atoms with Crippen molar-refractivity contribution in [3.8, 4) is 0 Å². The van der Waals surface area contributed by atoms with Crippen LogP contribution in [0.3, 0.4) is 0 Å². The molecule has 0 amide bonds. The van der Waals surface area contributed by atoms with Crippen LogP contribution >= 0.6 is 45.5 Å². The van der Waals surface area contributed by atoms with Gasteiger partial charge in [0.1, 0.15) is 0 Å². The van der Waals surface area contributed by atoms with Gasteiger partial charge in [0.15, 0.2) is 0 Å². The Labute approximate surface area is 140 Å². The first-order valence-corrected chi connectivity index (χ1v) is 8.86. The van der Waals surface area contributed by atoms with E-state index in [0.717, 1.165) is 45.5 Å². The first-order chi connectivity index (χ1) is 8.33. The number of hydrogen-bond donors (Lipinski definition) is 2. The molecule has 0 aromatic heterocycles. The maximum atomic E-state index is 6.10. The Morgan fingerprint density at radius 2 is 1.72 bits per heavy atom. The maximum absolute atomic E-state index is 6.10. The molecule has 5 heteroatoms. The molecule has 0 aliphatic carbocycles. The summed E-state index contributed by atoms with van der Waals surface area (Å²) in [7, 11) is 0. The standard InChI is InChI=1S/C13H28I2N2O/c1-5-13(4,6-8-16-9-10-17-15)18-11-7-12(2,3)14/h16-17H,5-11H2,1-4H3. The molecule has 0 saturated carbocycles. The van der Waals surface area contributed by atoms with E-state index in [1.807, 2.05) is 0 Å². The molecule has 0 bridgehead atoms. The Balaban J connectivity index is 3.81. The summed E-state index contributed by atoms with van der Waals surface area (Å²) in [6.45, 7) is 12.8. The van der Waals surface area contributed by atoms with Crippen molar-refractivity contribution in [3.05, 3.63) is 0 Å². The van der Waals surface area contributed by atoms with Gasteiger partial charge in [0.25, 0.3) is 0 Å². The average molecular weight is 482 g/mol. The summed E-state index contributed by atoms with van der Waals surface area (Å²) in [5, 5.41) is 3.43. The van der Waals surface area contributed by atoms with Crippen molar-refractivity contribution < 1.29 is 4.74 Å². The summed E-state index contributed by atoms with van der Waals surface area (Å²) in [5.74, 6) is 0. The van der Waals surface area contributed by atoms with Gasteiger partial charge in [-0.15, -0.1) is 0 Å². The van der Waals surface area contributed by atoms with Crippen molar-refractivity contribution in [3.63, 3.8) is 0 Å². The molecule has 1 unspecified atom stereocenters. The fraction of sp³-hybridized carbons (Fsp3) is 1.00. The molecule has 1 atom stereocenters. The number of ether oxygens (including phenoxy) is 1. The van der Waals surface area contributed by atoms with Gasteiger partial charge in [-0.3, -0.25) is 3.53 Å². The van der Waals surface area contributed by atoms with Crippen molar-refractivity contribution >= 4 is 45.5 Å². The van der Waals surface area contributed by atoms with Crippen LogP contribution in [-0.4, -0.2) is 35.3 Å². The highest BCUT2D eigenvalue weighted by atomic mass is 127. The zero-order valence-corrected chi connectivity index (χ0v) is 16.4.